The summed E-state index contributed by atoms with van der Waals surface area (Å²) in [7, 11) is 0. The maximum atomic E-state index is 6.30. The van der Waals surface area contributed by atoms with Gasteiger partial charge >= 0.3 is 0 Å². The number of nitrogens with one attached hydrogen (secondary N) is 1. The van der Waals surface area contributed by atoms with Gasteiger partial charge in [-0.15, -0.1) is 0 Å². The molecule has 0 aromatic rings. The van der Waals surface area contributed by atoms with Gasteiger partial charge in [0.15, 0.2) is 0 Å². The van der Waals surface area contributed by atoms with Crippen LogP contribution in [-0.4, -0.2) is 24.3 Å². The number of hydrogen-bond acceptors (Lipinski definition) is 2. The molecule has 2 aliphatic carbocycles. The lowest BCUT2D eigenvalue weighted by molar-refractivity contribution is -0.197. The van der Waals surface area contributed by atoms with Gasteiger partial charge in [-0.05, 0) is 46.6 Å². The van der Waals surface area contributed by atoms with Gasteiger partial charge in [0, 0.05) is 11.5 Å². The third-order valence-corrected chi connectivity index (χ3v) is 4.52. The van der Waals surface area contributed by atoms with E-state index in [2.05, 4.69) is 33.0 Å². The summed E-state index contributed by atoms with van der Waals surface area (Å²) in [5.74, 6) is 0. The van der Waals surface area contributed by atoms with Crippen LogP contribution in [0.4, 0.5) is 0 Å². The summed E-state index contributed by atoms with van der Waals surface area (Å²) in [5, 5.41) is 3.68. The predicted molar refractivity (Wildman–Crippen MR) is 72.2 cm³/mol. The minimum atomic E-state index is 0.00625. The van der Waals surface area contributed by atoms with E-state index in [4.69, 9.17) is 4.74 Å². The third kappa shape index (κ3) is 2.68. The SMILES string of the molecule is CCNC1CC(OC(C)(C)C)C12CCCCC2. The van der Waals surface area contributed by atoms with E-state index in [9.17, 15) is 0 Å². The second kappa shape index (κ2) is 4.89. The van der Waals surface area contributed by atoms with Gasteiger partial charge in [0.05, 0.1) is 11.7 Å². The van der Waals surface area contributed by atoms with Crippen LogP contribution in [0.25, 0.3) is 0 Å². The second-order valence-corrected chi connectivity index (χ2v) is 6.86. The maximum Gasteiger partial charge on any atom is 0.0668 e. The highest BCUT2D eigenvalue weighted by molar-refractivity contribution is 5.09. The molecule has 0 heterocycles. The Balaban J connectivity index is 2.03. The molecule has 2 aliphatic rings. The molecular formula is C15H29NO. The average Bonchev–Trinajstić information content (AvgIpc) is 2.27. The summed E-state index contributed by atoms with van der Waals surface area (Å²) >= 11 is 0. The van der Waals surface area contributed by atoms with Gasteiger partial charge in [-0.25, -0.2) is 0 Å². The average molecular weight is 239 g/mol. The molecule has 0 aromatic carbocycles. The van der Waals surface area contributed by atoms with Crippen molar-refractivity contribution in [1.29, 1.82) is 0 Å². The van der Waals surface area contributed by atoms with Crippen molar-refractivity contribution in [2.75, 3.05) is 6.54 Å². The summed E-state index contributed by atoms with van der Waals surface area (Å²) < 4.78 is 6.30. The molecule has 100 valence electrons. The number of rotatable bonds is 3. The summed E-state index contributed by atoms with van der Waals surface area (Å²) in [6.07, 6.45) is 8.65. The van der Waals surface area contributed by atoms with Crippen molar-refractivity contribution >= 4 is 0 Å². The van der Waals surface area contributed by atoms with E-state index in [1.165, 1.54) is 38.5 Å². The molecule has 2 heteroatoms. The Labute approximate surface area is 107 Å². The van der Waals surface area contributed by atoms with E-state index >= 15 is 0 Å². The van der Waals surface area contributed by atoms with Gasteiger partial charge in [0.25, 0.3) is 0 Å². The fourth-order valence-electron chi connectivity index (χ4n) is 3.75. The zero-order chi connectivity index (χ0) is 12.5. The number of ether oxygens (including phenoxy) is 1. The van der Waals surface area contributed by atoms with Gasteiger partial charge in [-0.3, -0.25) is 0 Å². The molecule has 0 saturated heterocycles. The van der Waals surface area contributed by atoms with Crippen LogP contribution in [-0.2, 0) is 4.74 Å². The van der Waals surface area contributed by atoms with Gasteiger partial charge in [0.1, 0.15) is 0 Å². The lowest BCUT2D eigenvalue weighted by atomic mass is 9.55. The third-order valence-electron chi connectivity index (χ3n) is 4.52. The van der Waals surface area contributed by atoms with E-state index in [0.717, 1.165) is 6.54 Å². The van der Waals surface area contributed by atoms with E-state index < -0.39 is 0 Å². The van der Waals surface area contributed by atoms with Crippen molar-refractivity contribution in [2.24, 2.45) is 5.41 Å². The molecule has 2 atom stereocenters. The second-order valence-electron chi connectivity index (χ2n) is 6.86. The van der Waals surface area contributed by atoms with Crippen LogP contribution < -0.4 is 5.32 Å². The minimum absolute atomic E-state index is 0.00625. The Hall–Kier alpha value is -0.0800. The highest BCUT2D eigenvalue weighted by Crippen LogP contribution is 2.54. The first-order valence-corrected chi connectivity index (χ1v) is 7.39. The van der Waals surface area contributed by atoms with Gasteiger partial charge in [0.2, 0.25) is 0 Å². The Bertz CT molecular complexity index is 250. The van der Waals surface area contributed by atoms with Crippen LogP contribution in [0.3, 0.4) is 0 Å². The molecule has 0 amide bonds. The Morgan fingerprint density at radius 3 is 2.35 bits per heavy atom. The highest BCUT2D eigenvalue weighted by atomic mass is 16.5. The topological polar surface area (TPSA) is 21.3 Å². The van der Waals surface area contributed by atoms with Gasteiger partial charge in [-0.1, -0.05) is 26.2 Å². The van der Waals surface area contributed by atoms with Crippen molar-refractivity contribution in [1.82, 2.24) is 5.32 Å². The molecule has 0 aromatic heterocycles. The van der Waals surface area contributed by atoms with Crippen LogP contribution in [0.5, 0.6) is 0 Å². The van der Waals surface area contributed by atoms with Crippen molar-refractivity contribution < 1.29 is 4.74 Å². The molecule has 2 rings (SSSR count). The molecule has 1 spiro atoms. The van der Waals surface area contributed by atoms with Crippen molar-refractivity contribution in [2.45, 2.75) is 84.0 Å². The lowest BCUT2D eigenvalue weighted by Crippen LogP contribution is -2.65. The zero-order valence-electron chi connectivity index (χ0n) is 12.0. The van der Waals surface area contributed by atoms with Crippen molar-refractivity contribution in [3.05, 3.63) is 0 Å². The maximum absolute atomic E-state index is 6.30. The molecule has 2 unspecified atom stereocenters. The molecule has 17 heavy (non-hydrogen) atoms. The Morgan fingerprint density at radius 2 is 1.82 bits per heavy atom. The highest BCUT2D eigenvalue weighted by Gasteiger charge is 2.56. The van der Waals surface area contributed by atoms with Crippen molar-refractivity contribution in [3.63, 3.8) is 0 Å². The quantitative estimate of drug-likeness (QED) is 0.814. The van der Waals surface area contributed by atoms with Crippen LogP contribution in [0.2, 0.25) is 0 Å². The standard InChI is InChI=1S/C15H29NO/c1-5-16-12-11-13(17-14(2,3)4)15(12)9-7-6-8-10-15/h12-13,16H,5-11H2,1-4H3. The molecule has 0 radical (unpaired) electrons. The first-order chi connectivity index (χ1) is 7.98. The lowest BCUT2D eigenvalue weighted by Gasteiger charge is -2.59. The molecular weight excluding hydrogens is 210 g/mol. The van der Waals surface area contributed by atoms with E-state index in [-0.39, 0.29) is 5.60 Å². The fourth-order valence-corrected chi connectivity index (χ4v) is 3.75. The minimum Gasteiger partial charge on any atom is -0.372 e. The van der Waals surface area contributed by atoms with Crippen LogP contribution in [0.1, 0.15) is 66.2 Å². The molecule has 0 bridgehead atoms. The molecule has 2 nitrogen and oxygen atoms in total. The molecule has 2 saturated carbocycles. The Morgan fingerprint density at radius 1 is 1.18 bits per heavy atom. The van der Waals surface area contributed by atoms with Crippen molar-refractivity contribution in [3.8, 4) is 0 Å². The normalized spacial score (nSPS) is 32.5. The molecule has 1 N–H and O–H groups in total. The predicted octanol–water partition coefficient (Wildman–Crippen LogP) is 3.50. The summed E-state index contributed by atoms with van der Waals surface area (Å²) in [4.78, 5) is 0. The fraction of sp³-hybridized carbons (Fsp3) is 1.00. The first-order valence-electron chi connectivity index (χ1n) is 7.39. The largest absolute Gasteiger partial charge is 0.372 e. The van der Waals surface area contributed by atoms with Crippen LogP contribution >= 0.6 is 0 Å². The van der Waals surface area contributed by atoms with Gasteiger partial charge in [-0.2, -0.15) is 0 Å². The monoisotopic (exact) mass is 239 g/mol. The molecule has 2 fully saturated rings. The Kier molecular flexibility index (Phi) is 3.84. The van der Waals surface area contributed by atoms with E-state index in [1.54, 1.807) is 0 Å². The zero-order valence-corrected chi connectivity index (χ0v) is 12.0. The van der Waals surface area contributed by atoms with E-state index in [0.29, 0.717) is 17.6 Å². The van der Waals surface area contributed by atoms with Gasteiger partial charge < -0.3 is 10.1 Å². The van der Waals surface area contributed by atoms with E-state index in [1.807, 2.05) is 0 Å². The smallest absolute Gasteiger partial charge is 0.0668 e. The molecule has 0 aliphatic heterocycles. The summed E-state index contributed by atoms with van der Waals surface area (Å²) in [5.41, 5.74) is 0.466. The van der Waals surface area contributed by atoms with Crippen LogP contribution in [0, 0.1) is 5.41 Å². The summed E-state index contributed by atoms with van der Waals surface area (Å²) in [6.45, 7) is 9.86. The number of hydrogen-bond donors (Lipinski definition) is 1. The summed E-state index contributed by atoms with van der Waals surface area (Å²) in [6, 6.07) is 0.708. The van der Waals surface area contributed by atoms with Crippen LogP contribution in [0.15, 0.2) is 0 Å². The first kappa shape index (κ1) is 13.4.